The van der Waals surface area contributed by atoms with Crippen LogP contribution in [-0.2, 0) is 11.3 Å². The first-order valence-electron chi connectivity index (χ1n) is 6.86. The van der Waals surface area contributed by atoms with Crippen LogP contribution in [0.5, 0.6) is 0 Å². The fraction of sp³-hybridized carbons (Fsp3) is 0.467. The van der Waals surface area contributed by atoms with Gasteiger partial charge < -0.3 is 15.0 Å². The molecule has 3 nitrogen and oxygen atoms in total. The minimum Gasteiger partial charge on any atom is -0.378 e. The van der Waals surface area contributed by atoms with Crippen molar-refractivity contribution in [1.29, 1.82) is 0 Å². The van der Waals surface area contributed by atoms with Gasteiger partial charge in [-0.1, -0.05) is 17.7 Å². The van der Waals surface area contributed by atoms with Crippen molar-refractivity contribution >= 4 is 22.5 Å². The van der Waals surface area contributed by atoms with Crippen LogP contribution in [0.3, 0.4) is 0 Å². The lowest BCUT2D eigenvalue weighted by Gasteiger charge is -2.35. The summed E-state index contributed by atoms with van der Waals surface area (Å²) in [7, 11) is 0. The molecule has 0 unspecified atom stereocenters. The summed E-state index contributed by atoms with van der Waals surface area (Å²) in [5, 5.41) is 5.60. The standard InChI is InChI=1S/C15H19ClN2O/c1-2-19-13-6-12(7-13)17-8-10-9-18-15-5-11(16)3-4-14(10)15/h3-5,9,12-13,17-18H,2,6-8H2,1H3. The highest BCUT2D eigenvalue weighted by Crippen LogP contribution is 2.25. The fourth-order valence-corrected chi connectivity index (χ4v) is 2.84. The Morgan fingerprint density at radius 1 is 1.42 bits per heavy atom. The molecule has 0 radical (unpaired) electrons. The summed E-state index contributed by atoms with van der Waals surface area (Å²) in [4.78, 5) is 3.27. The van der Waals surface area contributed by atoms with Gasteiger partial charge in [0.15, 0.2) is 0 Å². The Morgan fingerprint density at radius 3 is 3.05 bits per heavy atom. The van der Waals surface area contributed by atoms with E-state index in [1.54, 1.807) is 0 Å². The number of aromatic nitrogens is 1. The third kappa shape index (κ3) is 2.78. The van der Waals surface area contributed by atoms with Crippen LogP contribution in [-0.4, -0.2) is 23.7 Å². The number of fused-ring (bicyclic) bond motifs is 1. The molecule has 0 saturated heterocycles. The number of hydrogen-bond donors (Lipinski definition) is 2. The van der Waals surface area contributed by atoms with Gasteiger partial charge in [-0.15, -0.1) is 0 Å². The molecule has 0 atom stereocenters. The van der Waals surface area contributed by atoms with Crippen molar-refractivity contribution in [2.75, 3.05) is 6.61 Å². The molecule has 1 heterocycles. The smallest absolute Gasteiger partial charge is 0.0604 e. The zero-order chi connectivity index (χ0) is 13.2. The fourth-order valence-electron chi connectivity index (χ4n) is 2.66. The van der Waals surface area contributed by atoms with Gasteiger partial charge in [0.1, 0.15) is 0 Å². The molecule has 1 fully saturated rings. The number of benzene rings is 1. The molecule has 1 aromatic carbocycles. The van der Waals surface area contributed by atoms with Crippen molar-refractivity contribution in [1.82, 2.24) is 10.3 Å². The van der Waals surface area contributed by atoms with Gasteiger partial charge in [-0.05, 0) is 37.5 Å². The number of rotatable bonds is 5. The third-order valence-corrected chi connectivity index (χ3v) is 4.04. The summed E-state index contributed by atoms with van der Waals surface area (Å²) in [6.07, 6.45) is 4.78. The van der Waals surface area contributed by atoms with E-state index in [0.717, 1.165) is 36.5 Å². The molecule has 2 aromatic rings. The Balaban J connectivity index is 1.58. The van der Waals surface area contributed by atoms with Gasteiger partial charge in [-0.25, -0.2) is 0 Å². The second-order valence-electron chi connectivity index (χ2n) is 5.13. The lowest BCUT2D eigenvalue weighted by Crippen LogP contribution is -2.45. The van der Waals surface area contributed by atoms with Crippen molar-refractivity contribution in [2.45, 2.75) is 38.5 Å². The van der Waals surface area contributed by atoms with Crippen molar-refractivity contribution in [3.63, 3.8) is 0 Å². The molecule has 0 bridgehead atoms. The first-order chi connectivity index (χ1) is 9.26. The van der Waals surface area contributed by atoms with E-state index in [0.29, 0.717) is 12.1 Å². The molecule has 3 rings (SSSR count). The van der Waals surface area contributed by atoms with E-state index in [4.69, 9.17) is 16.3 Å². The summed E-state index contributed by atoms with van der Waals surface area (Å²) < 4.78 is 5.57. The third-order valence-electron chi connectivity index (χ3n) is 3.81. The topological polar surface area (TPSA) is 37.0 Å². The molecule has 2 N–H and O–H groups in total. The zero-order valence-corrected chi connectivity index (χ0v) is 11.8. The maximum atomic E-state index is 5.98. The van der Waals surface area contributed by atoms with Crippen LogP contribution < -0.4 is 5.32 Å². The Bertz CT molecular complexity index is 560. The highest BCUT2D eigenvalue weighted by Gasteiger charge is 2.28. The van der Waals surface area contributed by atoms with E-state index in [-0.39, 0.29) is 0 Å². The van der Waals surface area contributed by atoms with Gasteiger partial charge in [0.25, 0.3) is 0 Å². The number of ether oxygens (including phenoxy) is 1. The van der Waals surface area contributed by atoms with Gasteiger partial charge in [0, 0.05) is 41.3 Å². The predicted octanol–water partition coefficient (Wildman–Crippen LogP) is 3.48. The monoisotopic (exact) mass is 278 g/mol. The quantitative estimate of drug-likeness (QED) is 0.879. The molecule has 1 aromatic heterocycles. The van der Waals surface area contributed by atoms with E-state index in [1.807, 2.05) is 12.1 Å². The number of nitrogens with one attached hydrogen (secondary N) is 2. The molecule has 1 saturated carbocycles. The van der Waals surface area contributed by atoms with E-state index in [9.17, 15) is 0 Å². The molecule has 19 heavy (non-hydrogen) atoms. The molecular formula is C15H19ClN2O. The highest BCUT2D eigenvalue weighted by atomic mass is 35.5. The van der Waals surface area contributed by atoms with Crippen LogP contribution in [0.1, 0.15) is 25.3 Å². The SMILES string of the molecule is CCOC1CC(NCc2c[nH]c3cc(Cl)ccc23)C1. The first kappa shape index (κ1) is 13.0. The lowest BCUT2D eigenvalue weighted by atomic mass is 9.89. The van der Waals surface area contributed by atoms with Crippen molar-refractivity contribution in [3.8, 4) is 0 Å². The van der Waals surface area contributed by atoms with Gasteiger partial charge >= 0.3 is 0 Å². The molecule has 0 aliphatic heterocycles. The van der Waals surface area contributed by atoms with Crippen LogP contribution >= 0.6 is 11.6 Å². The zero-order valence-electron chi connectivity index (χ0n) is 11.1. The van der Waals surface area contributed by atoms with Crippen molar-refractivity contribution in [2.24, 2.45) is 0 Å². The molecule has 102 valence electrons. The van der Waals surface area contributed by atoms with Crippen LogP contribution in [0.2, 0.25) is 5.02 Å². The minimum absolute atomic E-state index is 0.462. The maximum absolute atomic E-state index is 5.98. The Labute approximate surface area is 118 Å². The highest BCUT2D eigenvalue weighted by molar-refractivity contribution is 6.31. The van der Waals surface area contributed by atoms with Gasteiger partial charge in [0.05, 0.1) is 6.10 Å². The molecular weight excluding hydrogens is 260 g/mol. The average molecular weight is 279 g/mol. The summed E-state index contributed by atoms with van der Waals surface area (Å²) in [6.45, 7) is 3.77. The van der Waals surface area contributed by atoms with Crippen LogP contribution in [0, 0.1) is 0 Å². The minimum atomic E-state index is 0.462. The molecule has 1 aliphatic carbocycles. The van der Waals surface area contributed by atoms with E-state index in [2.05, 4.69) is 29.5 Å². The predicted molar refractivity (Wildman–Crippen MR) is 78.6 cm³/mol. The summed E-state index contributed by atoms with van der Waals surface area (Å²) >= 11 is 5.98. The van der Waals surface area contributed by atoms with Crippen LogP contribution in [0.4, 0.5) is 0 Å². The molecule has 1 aliphatic rings. The first-order valence-corrected chi connectivity index (χ1v) is 7.24. The largest absolute Gasteiger partial charge is 0.378 e. The summed E-state index contributed by atoms with van der Waals surface area (Å²) in [5.74, 6) is 0. The van der Waals surface area contributed by atoms with Crippen LogP contribution in [0.25, 0.3) is 10.9 Å². The number of halogens is 1. The second kappa shape index (κ2) is 5.53. The molecule has 0 spiro atoms. The lowest BCUT2D eigenvalue weighted by molar-refractivity contribution is -0.0102. The molecule has 4 heteroatoms. The summed E-state index contributed by atoms with van der Waals surface area (Å²) in [6, 6.07) is 6.58. The Hall–Kier alpha value is -1.03. The summed E-state index contributed by atoms with van der Waals surface area (Å²) in [5.41, 5.74) is 2.40. The van der Waals surface area contributed by atoms with E-state index >= 15 is 0 Å². The number of hydrogen-bond acceptors (Lipinski definition) is 2. The van der Waals surface area contributed by atoms with Crippen molar-refractivity contribution < 1.29 is 4.74 Å². The van der Waals surface area contributed by atoms with E-state index < -0.39 is 0 Å². The van der Waals surface area contributed by atoms with Gasteiger partial charge in [-0.3, -0.25) is 0 Å². The van der Waals surface area contributed by atoms with E-state index in [1.165, 1.54) is 10.9 Å². The average Bonchev–Trinajstić information content (AvgIpc) is 2.74. The number of H-pyrrole nitrogens is 1. The Morgan fingerprint density at radius 2 is 2.26 bits per heavy atom. The molecule has 0 amide bonds. The van der Waals surface area contributed by atoms with Crippen molar-refractivity contribution in [3.05, 3.63) is 35.0 Å². The Kier molecular flexibility index (Phi) is 3.78. The van der Waals surface area contributed by atoms with Crippen LogP contribution in [0.15, 0.2) is 24.4 Å². The van der Waals surface area contributed by atoms with Gasteiger partial charge in [-0.2, -0.15) is 0 Å². The number of aromatic amines is 1. The van der Waals surface area contributed by atoms with Gasteiger partial charge in [0.2, 0.25) is 0 Å². The normalized spacial score (nSPS) is 22.6. The second-order valence-corrected chi connectivity index (χ2v) is 5.57. The maximum Gasteiger partial charge on any atom is 0.0604 e.